The van der Waals surface area contributed by atoms with E-state index in [9.17, 15) is 28.1 Å². The lowest BCUT2D eigenvalue weighted by Crippen LogP contribution is -2.32. The number of nitro groups is 1. The average molecular weight is 359 g/mol. The fourth-order valence-electron chi connectivity index (χ4n) is 2.31. The molecule has 0 amide bonds. The maximum Gasteiger partial charge on any atom is 0.401 e. The van der Waals surface area contributed by atoms with Crippen LogP contribution in [0.4, 0.5) is 24.7 Å². The molecule has 2 aromatic rings. The maximum atomic E-state index is 12.2. The number of rotatable bonds is 7. The molecule has 2 heterocycles. The Morgan fingerprint density at radius 3 is 2.76 bits per heavy atom. The van der Waals surface area contributed by atoms with Crippen molar-refractivity contribution in [3.8, 4) is 0 Å². The quantitative estimate of drug-likeness (QED) is 0.461. The molecule has 0 radical (unpaired) electrons. The molecule has 0 bridgehead atoms. The van der Waals surface area contributed by atoms with Crippen LogP contribution in [0.3, 0.4) is 0 Å². The minimum Gasteiger partial charge on any atom is -0.364 e. The summed E-state index contributed by atoms with van der Waals surface area (Å²) in [4.78, 5) is 27.7. The zero-order valence-corrected chi connectivity index (χ0v) is 13.3. The van der Waals surface area contributed by atoms with Gasteiger partial charge >= 0.3 is 17.4 Å². The first-order valence-electron chi connectivity index (χ1n) is 7.34. The smallest absolute Gasteiger partial charge is 0.364 e. The summed E-state index contributed by atoms with van der Waals surface area (Å²) in [6.45, 7) is -0.770. The second kappa shape index (κ2) is 7.47. The monoisotopic (exact) mass is 359 g/mol. The van der Waals surface area contributed by atoms with Crippen molar-refractivity contribution in [2.24, 2.45) is 0 Å². The first-order valence-corrected chi connectivity index (χ1v) is 7.34. The van der Waals surface area contributed by atoms with Gasteiger partial charge in [0.25, 0.3) is 0 Å². The number of halogens is 3. The predicted molar refractivity (Wildman–Crippen MR) is 84.8 cm³/mol. The average Bonchev–Trinajstić information content (AvgIpc) is 2.49. The SMILES string of the molecule is CN(CCCNc1nc2ccccn2c(=O)c1[N+](=O)[O-])CC(F)(F)F. The second-order valence-electron chi connectivity index (χ2n) is 5.43. The van der Waals surface area contributed by atoms with E-state index in [-0.39, 0.29) is 24.6 Å². The Labute approximate surface area is 140 Å². The van der Waals surface area contributed by atoms with E-state index in [1.807, 2.05) is 0 Å². The van der Waals surface area contributed by atoms with Crippen LogP contribution in [-0.4, -0.2) is 52.1 Å². The Hall–Kier alpha value is -2.69. The molecule has 136 valence electrons. The standard InChI is InChI=1S/C14H16F3N5O3/c1-20(9-14(15,16)17)7-4-6-18-12-11(22(24)25)13(23)21-8-3-2-5-10(21)19-12/h2-3,5,8,18H,4,6-7,9H2,1H3. The molecule has 0 aliphatic rings. The fourth-order valence-corrected chi connectivity index (χ4v) is 2.31. The highest BCUT2D eigenvalue weighted by Gasteiger charge is 2.29. The molecule has 0 saturated heterocycles. The van der Waals surface area contributed by atoms with Crippen molar-refractivity contribution in [1.82, 2.24) is 14.3 Å². The van der Waals surface area contributed by atoms with Gasteiger partial charge < -0.3 is 5.32 Å². The van der Waals surface area contributed by atoms with Crippen LogP contribution in [0.5, 0.6) is 0 Å². The van der Waals surface area contributed by atoms with E-state index in [1.165, 1.54) is 19.3 Å². The largest absolute Gasteiger partial charge is 0.401 e. The number of nitrogens with zero attached hydrogens (tertiary/aromatic N) is 4. The topological polar surface area (TPSA) is 92.8 Å². The molecule has 0 aliphatic carbocycles. The van der Waals surface area contributed by atoms with Crippen molar-refractivity contribution in [1.29, 1.82) is 0 Å². The van der Waals surface area contributed by atoms with Crippen molar-refractivity contribution >= 4 is 17.2 Å². The molecule has 0 aromatic carbocycles. The van der Waals surface area contributed by atoms with Gasteiger partial charge in [-0.15, -0.1) is 0 Å². The van der Waals surface area contributed by atoms with Crippen molar-refractivity contribution in [2.75, 3.05) is 32.0 Å². The fraction of sp³-hybridized carbons (Fsp3) is 0.429. The summed E-state index contributed by atoms with van der Waals surface area (Å²) in [6.07, 6.45) is -2.62. The summed E-state index contributed by atoms with van der Waals surface area (Å²) < 4.78 is 37.8. The van der Waals surface area contributed by atoms with Gasteiger partial charge in [-0.3, -0.25) is 24.2 Å². The van der Waals surface area contributed by atoms with Crippen molar-refractivity contribution in [3.05, 3.63) is 44.9 Å². The number of nitrogens with one attached hydrogen (secondary N) is 1. The lowest BCUT2D eigenvalue weighted by molar-refractivity contribution is -0.385. The molecule has 25 heavy (non-hydrogen) atoms. The highest BCUT2D eigenvalue weighted by atomic mass is 19.4. The van der Waals surface area contributed by atoms with Gasteiger partial charge in [0, 0.05) is 12.7 Å². The molecule has 2 aromatic heterocycles. The minimum atomic E-state index is -4.28. The van der Waals surface area contributed by atoms with E-state index >= 15 is 0 Å². The van der Waals surface area contributed by atoms with Crippen LogP contribution < -0.4 is 10.9 Å². The normalized spacial score (nSPS) is 11.9. The minimum absolute atomic E-state index is 0.132. The third kappa shape index (κ3) is 4.89. The molecule has 0 spiro atoms. The number of anilines is 1. The van der Waals surface area contributed by atoms with Crippen LogP contribution in [0.2, 0.25) is 0 Å². The third-order valence-electron chi connectivity index (χ3n) is 3.35. The van der Waals surface area contributed by atoms with Crippen molar-refractivity contribution in [2.45, 2.75) is 12.6 Å². The highest BCUT2D eigenvalue weighted by Crippen LogP contribution is 2.18. The van der Waals surface area contributed by atoms with Gasteiger partial charge in [0.1, 0.15) is 5.65 Å². The summed E-state index contributed by atoms with van der Waals surface area (Å²) in [6, 6.07) is 4.69. The molecule has 8 nitrogen and oxygen atoms in total. The number of fused-ring (bicyclic) bond motifs is 1. The van der Waals surface area contributed by atoms with Crippen LogP contribution in [0, 0.1) is 10.1 Å². The van der Waals surface area contributed by atoms with Gasteiger partial charge in [-0.1, -0.05) is 6.07 Å². The van der Waals surface area contributed by atoms with E-state index in [1.54, 1.807) is 12.1 Å². The van der Waals surface area contributed by atoms with E-state index in [0.717, 1.165) is 9.30 Å². The van der Waals surface area contributed by atoms with Crippen LogP contribution in [0.15, 0.2) is 29.2 Å². The van der Waals surface area contributed by atoms with Crippen LogP contribution >= 0.6 is 0 Å². The van der Waals surface area contributed by atoms with Gasteiger partial charge in [-0.2, -0.15) is 13.2 Å². The first kappa shape index (κ1) is 18.6. The lowest BCUT2D eigenvalue weighted by atomic mass is 10.3. The van der Waals surface area contributed by atoms with Crippen molar-refractivity contribution in [3.63, 3.8) is 0 Å². The summed E-state index contributed by atoms with van der Waals surface area (Å²) in [5.41, 5.74) is -1.30. The number of alkyl halides is 3. The van der Waals surface area contributed by atoms with E-state index < -0.39 is 28.9 Å². The van der Waals surface area contributed by atoms with Gasteiger partial charge in [0.15, 0.2) is 0 Å². The Bertz CT molecular complexity index is 821. The molecule has 11 heteroatoms. The van der Waals surface area contributed by atoms with Gasteiger partial charge in [0.05, 0.1) is 11.5 Å². The second-order valence-corrected chi connectivity index (χ2v) is 5.43. The Balaban J connectivity index is 2.09. The zero-order chi connectivity index (χ0) is 18.6. The van der Waals surface area contributed by atoms with Gasteiger partial charge in [-0.25, -0.2) is 4.98 Å². The highest BCUT2D eigenvalue weighted by molar-refractivity contribution is 5.59. The summed E-state index contributed by atoms with van der Waals surface area (Å²) >= 11 is 0. The zero-order valence-electron chi connectivity index (χ0n) is 13.3. The Morgan fingerprint density at radius 1 is 1.40 bits per heavy atom. The summed E-state index contributed by atoms with van der Waals surface area (Å²) in [5.74, 6) is -0.195. The van der Waals surface area contributed by atoms with E-state index in [4.69, 9.17) is 0 Å². The Morgan fingerprint density at radius 2 is 2.12 bits per heavy atom. The first-order chi connectivity index (χ1) is 11.7. The number of aromatic nitrogens is 2. The molecule has 0 fully saturated rings. The predicted octanol–water partition coefficient (Wildman–Crippen LogP) is 1.90. The van der Waals surface area contributed by atoms with E-state index in [2.05, 4.69) is 10.3 Å². The molecule has 1 N–H and O–H groups in total. The van der Waals surface area contributed by atoms with Crippen molar-refractivity contribution < 1.29 is 18.1 Å². The van der Waals surface area contributed by atoms with Crippen LogP contribution in [0.25, 0.3) is 5.65 Å². The van der Waals surface area contributed by atoms with Crippen LogP contribution in [0.1, 0.15) is 6.42 Å². The molecule has 0 saturated carbocycles. The lowest BCUT2D eigenvalue weighted by Gasteiger charge is -2.18. The summed E-state index contributed by atoms with van der Waals surface area (Å²) in [7, 11) is 1.33. The molecular formula is C14H16F3N5O3. The molecule has 0 unspecified atom stereocenters. The Kier molecular flexibility index (Phi) is 5.57. The van der Waals surface area contributed by atoms with Gasteiger partial charge in [-0.05, 0) is 32.1 Å². The molecule has 0 aliphatic heterocycles. The number of hydrogen-bond donors (Lipinski definition) is 1. The molecular weight excluding hydrogens is 343 g/mol. The number of pyridine rings is 1. The summed E-state index contributed by atoms with van der Waals surface area (Å²) in [5, 5.41) is 13.8. The van der Waals surface area contributed by atoms with E-state index in [0.29, 0.717) is 6.42 Å². The number of hydrogen-bond acceptors (Lipinski definition) is 6. The maximum absolute atomic E-state index is 12.2. The van der Waals surface area contributed by atoms with Gasteiger partial charge in [0.2, 0.25) is 5.82 Å². The third-order valence-corrected chi connectivity index (χ3v) is 3.35. The molecule has 2 rings (SSSR count). The van der Waals surface area contributed by atoms with Crippen LogP contribution in [-0.2, 0) is 0 Å². The molecule has 0 atom stereocenters.